The van der Waals surface area contributed by atoms with Gasteiger partial charge < -0.3 is 10.1 Å². The minimum atomic E-state index is 0.730. The van der Waals surface area contributed by atoms with Crippen LogP contribution >= 0.6 is 11.3 Å². The van der Waals surface area contributed by atoms with E-state index in [1.807, 2.05) is 12.4 Å². The van der Waals surface area contributed by atoms with Gasteiger partial charge in [0.15, 0.2) is 0 Å². The highest BCUT2D eigenvalue weighted by Gasteiger charge is 2.10. The van der Waals surface area contributed by atoms with Crippen LogP contribution in [0.5, 0.6) is 0 Å². The SMILES string of the molecule is CCN(CCOC)Cc1nc(NC)c2ccsc2n1. The Bertz CT molecular complexity index is 528. The van der Waals surface area contributed by atoms with Crippen LogP contribution in [0.2, 0.25) is 0 Å². The molecule has 2 heterocycles. The molecule has 0 bridgehead atoms. The van der Waals surface area contributed by atoms with Crippen molar-refractivity contribution in [1.82, 2.24) is 14.9 Å². The van der Waals surface area contributed by atoms with Gasteiger partial charge in [-0.25, -0.2) is 9.97 Å². The summed E-state index contributed by atoms with van der Waals surface area (Å²) in [6.07, 6.45) is 0. The van der Waals surface area contributed by atoms with Crippen molar-refractivity contribution >= 4 is 27.4 Å². The molecule has 19 heavy (non-hydrogen) atoms. The van der Waals surface area contributed by atoms with Gasteiger partial charge in [-0.2, -0.15) is 0 Å². The number of fused-ring (bicyclic) bond motifs is 1. The number of hydrogen-bond acceptors (Lipinski definition) is 6. The molecule has 2 rings (SSSR count). The Hall–Kier alpha value is -1.24. The molecule has 2 aromatic heterocycles. The fourth-order valence-corrected chi connectivity index (χ4v) is 2.71. The van der Waals surface area contributed by atoms with Crippen LogP contribution in [-0.2, 0) is 11.3 Å². The van der Waals surface area contributed by atoms with Crippen molar-refractivity contribution in [2.24, 2.45) is 0 Å². The summed E-state index contributed by atoms with van der Waals surface area (Å²) in [5, 5.41) is 6.29. The third kappa shape index (κ3) is 3.40. The fraction of sp³-hybridized carbons (Fsp3) is 0.538. The van der Waals surface area contributed by atoms with Crippen molar-refractivity contribution in [3.05, 3.63) is 17.3 Å². The molecule has 2 aromatic rings. The lowest BCUT2D eigenvalue weighted by Gasteiger charge is -2.19. The normalized spacial score (nSPS) is 11.4. The second kappa shape index (κ2) is 6.79. The second-order valence-electron chi connectivity index (χ2n) is 4.24. The number of nitrogens with zero attached hydrogens (tertiary/aromatic N) is 3. The van der Waals surface area contributed by atoms with Gasteiger partial charge in [0.2, 0.25) is 0 Å². The highest BCUT2D eigenvalue weighted by molar-refractivity contribution is 7.16. The van der Waals surface area contributed by atoms with Gasteiger partial charge >= 0.3 is 0 Å². The Kier molecular flexibility index (Phi) is 5.07. The predicted molar refractivity (Wildman–Crippen MR) is 79.8 cm³/mol. The van der Waals surface area contributed by atoms with Gasteiger partial charge in [-0.3, -0.25) is 4.90 Å². The van der Waals surface area contributed by atoms with E-state index in [2.05, 4.69) is 33.2 Å². The summed E-state index contributed by atoms with van der Waals surface area (Å²) in [4.78, 5) is 12.5. The predicted octanol–water partition coefficient (Wildman–Crippen LogP) is 2.20. The average molecular weight is 280 g/mol. The Morgan fingerprint density at radius 2 is 2.26 bits per heavy atom. The zero-order valence-corrected chi connectivity index (χ0v) is 12.5. The maximum Gasteiger partial charge on any atom is 0.146 e. The van der Waals surface area contributed by atoms with Gasteiger partial charge in [0.25, 0.3) is 0 Å². The summed E-state index contributed by atoms with van der Waals surface area (Å²) in [5.74, 6) is 1.77. The molecule has 0 radical (unpaired) electrons. The lowest BCUT2D eigenvalue weighted by molar-refractivity contribution is 0.146. The Morgan fingerprint density at radius 1 is 1.42 bits per heavy atom. The van der Waals surface area contributed by atoms with Crippen LogP contribution in [0.25, 0.3) is 10.2 Å². The standard InChI is InChI=1S/C13H20N4OS/c1-4-17(6-7-18-3)9-11-15-12(14-2)10-5-8-19-13(10)16-11/h5,8H,4,6-7,9H2,1-3H3,(H,14,15,16). The number of nitrogens with one attached hydrogen (secondary N) is 1. The van der Waals surface area contributed by atoms with Crippen molar-refractivity contribution in [3.8, 4) is 0 Å². The number of likely N-dealkylation sites (N-methyl/N-ethyl adjacent to an activating group) is 1. The molecule has 104 valence electrons. The van der Waals surface area contributed by atoms with Gasteiger partial charge in [-0.1, -0.05) is 6.92 Å². The number of anilines is 1. The maximum absolute atomic E-state index is 5.12. The third-order valence-electron chi connectivity index (χ3n) is 3.03. The van der Waals surface area contributed by atoms with Crippen LogP contribution in [0.4, 0.5) is 5.82 Å². The van der Waals surface area contributed by atoms with Gasteiger partial charge in [-0.15, -0.1) is 11.3 Å². The van der Waals surface area contributed by atoms with E-state index in [4.69, 9.17) is 4.74 Å². The molecule has 0 aliphatic heterocycles. The maximum atomic E-state index is 5.12. The molecule has 5 nitrogen and oxygen atoms in total. The van der Waals surface area contributed by atoms with E-state index in [0.717, 1.165) is 48.1 Å². The van der Waals surface area contributed by atoms with Crippen LogP contribution in [-0.4, -0.2) is 48.7 Å². The van der Waals surface area contributed by atoms with Crippen molar-refractivity contribution in [1.29, 1.82) is 0 Å². The molecule has 1 N–H and O–H groups in total. The van der Waals surface area contributed by atoms with E-state index in [9.17, 15) is 0 Å². The van der Waals surface area contributed by atoms with Gasteiger partial charge in [0, 0.05) is 20.7 Å². The number of aromatic nitrogens is 2. The summed E-state index contributed by atoms with van der Waals surface area (Å²) in [6, 6.07) is 2.05. The Labute approximate surface area is 117 Å². The molecule has 0 saturated heterocycles. The monoisotopic (exact) mass is 280 g/mol. The summed E-state index contributed by atoms with van der Waals surface area (Å²) in [5.41, 5.74) is 0. The van der Waals surface area contributed by atoms with Gasteiger partial charge in [0.1, 0.15) is 16.5 Å². The first kappa shape index (κ1) is 14.2. The van der Waals surface area contributed by atoms with E-state index in [1.54, 1.807) is 18.4 Å². The minimum Gasteiger partial charge on any atom is -0.383 e. The van der Waals surface area contributed by atoms with Gasteiger partial charge in [0.05, 0.1) is 18.5 Å². The van der Waals surface area contributed by atoms with Crippen LogP contribution in [0, 0.1) is 0 Å². The molecule has 0 atom stereocenters. The summed E-state index contributed by atoms with van der Waals surface area (Å²) in [7, 11) is 3.62. The first-order chi connectivity index (χ1) is 9.28. The molecule has 0 unspecified atom stereocenters. The Balaban J connectivity index is 2.19. The van der Waals surface area contributed by atoms with E-state index >= 15 is 0 Å². The molecule has 0 fully saturated rings. The topological polar surface area (TPSA) is 50.3 Å². The minimum absolute atomic E-state index is 0.730. The number of ether oxygens (including phenoxy) is 1. The zero-order chi connectivity index (χ0) is 13.7. The van der Waals surface area contributed by atoms with Crippen molar-refractivity contribution in [3.63, 3.8) is 0 Å². The van der Waals surface area contributed by atoms with E-state index < -0.39 is 0 Å². The summed E-state index contributed by atoms with van der Waals surface area (Å²) < 4.78 is 5.12. The van der Waals surface area contributed by atoms with E-state index in [1.165, 1.54) is 0 Å². The van der Waals surface area contributed by atoms with Crippen molar-refractivity contribution in [2.75, 3.05) is 39.2 Å². The third-order valence-corrected chi connectivity index (χ3v) is 3.84. The number of methoxy groups -OCH3 is 1. The van der Waals surface area contributed by atoms with Crippen LogP contribution in [0.15, 0.2) is 11.4 Å². The van der Waals surface area contributed by atoms with Crippen LogP contribution in [0.1, 0.15) is 12.7 Å². The van der Waals surface area contributed by atoms with Crippen LogP contribution < -0.4 is 5.32 Å². The van der Waals surface area contributed by atoms with Crippen molar-refractivity contribution < 1.29 is 4.74 Å². The van der Waals surface area contributed by atoms with Gasteiger partial charge in [-0.05, 0) is 18.0 Å². The first-order valence-corrected chi connectivity index (χ1v) is 7.29. The lowest BCUT2D eigenvalue weighted by atomic mass is 10.3. The molecular formula is C13H20N4OS. The summed E-state index contributed by atoms with van der Waals surface area (Å²) >= 11 is 1.65. The molecule has 0 aliphatic rings. The fourth-order valence-electron chi connectivity index (χ4n) is 1.93. The number of thiophene rings is 1. The quantitative estimate of drug-likeness (QED) is 0.842. The van der Waals surface area contributed by atoms with E-state index in [0.29, 0.717) is 0 Å². The molecule has 0 amide bonds. The average Bonchev–Trinajstić information content (AvgIpc) is 2.90. The van der Waals surface area contributed by atoms with Crippen LogP contribution in [0.3, 0.4) is 0 Å². The zero-order valence-electron chi connectivity index (χ0n) is 11.6. The summed E-state index contributed by atoms with van der Waals surface area (Å²) in [6.45, 7) is 5.48. The molecule has 0 spiro atoms. The Morgan fingerprint density at radius 3 is 2.95 bits per heavy atom. The molecule has 6 heteroatoms. The van der Waals surface area contributed by atoms with Crippen molar-refractivity contribution in [2.45, 2.75) is 13.5 Å². The lowest BCUT2D eigenvalue weighted by Crippen LogP contribution is -2.27. The second-order valence-corrected chi connectivity index (χ2v) is 5.13. The molecule has 0 saturated carbocycles. The largest absolute Gasteiger partial charge is 0.383 e. The molecule has 0 aliphatic carbocycles. The number of rotatable bonds is 7. The molecule has 0 aromatic carbocycles. The molecular weight excluding hydrogens is 260 g/mol. The highest BCUT2D eigenvalue weighted by Crippen LogP contribution is 2.24. The highest BCUT2D eigenvalue weighted by atomic mass is 32.1. The first-order valence-electron chi connectivity index (χ1n) is 6.41. The van der Waals surface area contributed by atoms with E-state index in [-0.39, 0.29) is 0 Å². The number of hydrogen-bond donors (Lipinski definition) is 1. The smallest absolute Gasteiger partial charge is 0.146 e.